The zero-order chi connectivity index (χ0) is 13.7. The van der Waals surface area contributed by atoms with Gasteiger partial charge in [0.2, 0.25) is 5.16 Å². The highest BCUT2D eigenvalue weighted by Gasteiger charge is 2.09. The van der Waals surface area contributed by atoms with E-state index in [2.05, 4.69) is 15.2 Å². The number of nitrogens with zero attached hydrogens (tertiary/aromatic N) is 2. The molecule has 0 bridgehead atoms. The van der Waals surface area contributed by atoms with E-state index in [1.54, 1.807) is 14.2 Å². The van der Waals surface area contributed by atoms with Crippen LogP contribution in [-0.4, -0.2) is 41.7 Å². The summed E-state index contributed by atoms with van der Waals surface area (Å²) in [7, 11) is 3.23. The molecule has 0 fully saturated rings. The van der Waals surface area contributed by atoms with Crippen molar-refractivity contribution in [1.29, 1.82) is 0 Å². The summed E-state index contributed by atoms with van der Waals surface area (Å²) >= 11 is 1.51. The van der Waals surface area contributed by atoms with Gasteiger partial charge in [0.25, 0.3) is 0 Å². The van der Waals surface area contributed by atoms with E-state index in [1.165, 1.54) is 11.8 Å². The van der Waals surface area contributed by atoms with Crippen LogP contribution >= 0.6 is 11.8 Å². The summed E-state index contributed by atoms with van der Waals surface area (Å²) < 4.78 is 10.5. The Morgan fingerprint density at radius 3 is 2.47 bits per heavy atom. The number of aromatic amines is 1. The van der Waals surface area contributed by atoms with E-state index in [0.717, 1.165) is 11.3 Å². The predicted molar refractivity (Wildman–Crippen MR) is 74.7 cm³/mol. The lowest BCUT2D eigenvalue weighted by atomic mass is 10.2. The molecule has 0 unspecified atom stereocenters. The number of benzene rings is 1. The number of ether oxygens (including phenoxy) is 2. The molecule has 1 aromatic heterocycles. The van der Waals surface area contributed by atoms with E-state index in [1.807, 2.05) is 18.2 Å². The third kappa shape index (κ3) is 3.39. The number of H-pyrrole nitrogens is 1. The molecule has 0 aliphatic heterocycles. The highest BCUT2D eigenvalue weighted by atomic mass is 32.2. The molecule has 2 rings (SSSR count). The molecule has 6 nitrogen and oxygen atoms in total. The van der Waals surface area contributed by atoms with Crippen molar-refractivity contribution >= 4 is 11.8 Å². The molecule has 1 aromatic carbocycles. The fraction of sp³-hybridized carbons (Fsp3) is 0.333. The van der Waals surface area contributed by atoms with Crippen LogP contribution in [0.1, 0.15) is 0 Å². The van der Waals surface area contributed by atoms with Gasteiger partial charge < -0.3 is 15.2 Å². The first-order chi connectivity index (χ1) is 9.26. The topological polar surface area (TPSA) is 86.1 Å². The van der Waals surface area contributed by atoms with Crippen molar-refractivity contribution in [2.45, 2.75) is 5.16 Å². The number of nitrogens with one attached hydrogen (secondary N) is 1. The zero-order valence-electron chi connectivity index (χ0n) is 10.8. The van der Waals surface area contributed by atoms with Crippen molar-refractivity contribution in [2.24, 2.45) is 5.73 Å². The molecular formula is C12H16N4O2S. The largest absolute Gasteiger partial charge is 0.497 e. The normalized spacial score (nSPS) is 10.5. The molecular weight excluding hydrogens is 264 g/mol. The van der Waals surface area contributed by atoms with Crippen LogP contribution in [-0.2, 0) is 0 Å². The van der Waals surface area contributed by atoms with E-state index < -0.39 is 0 Å². The molecule has 0 aliphatic carbocycles. The number of aromatic nitrogens is 3. The van der Waals surface area contributed by atoms with Crippen molar-refractivity contribution < 1.29 is 9.47 Å². The molecule has 0 aliphatic rings. The second-order valence-electron chi connectivity index (χ2n) is 3.71. The Balaban J connectivity index is 2.27. The number of hydrogen-bond donors (Lipinski definition) is 2. The second kappa shape index (κ2) is 6.44. The number of thioether (sulfide) groups is 1. The molecule has 0 saturated carbocycles. The van der Waals surface area contributed by atoms with Crippen LogP contribution in [0.4, 0.5) is 0 Å². The van der Waals surface area contributed by atoms with E-state index in [4.69, 9.17) is 15.2 Å². The average molecular weight is 280 g/mol. The van der Waals surface area contributed by atoms with Gasteiger partial charge in [0, 0.05) is 23.9 Å². The van der Waals surface area contributed by atoms with E-state index in [9.17, 15) is 0 Å². The second-order valence-corrected chi connectivity index (χ2v) is 4.77. The van der Waals surface area contributed by atoms with Gasteiger partial charge in [0.1, 0.15) is 11.5 Å². The monoisotopic (exact) mass is 280 g/mol. The first-order valence-electron chi connectivity index (χ1n) is 5.75. The lowest BCUT2D eigenvalue weighted by molar-refractivity contribution is 0.394. The van der Waals surface area contributed by atoms with Gasteiger partial charge in [-0.2, -0.15) is 0 Å². The third-order valence-electron chi connectivity index (χ3n) is 2.44. The molecule has 102 valence electrons. The predicted octanol–water partition coefficient (Wildman–Crippen LogP) is 1.54. The number of rotatable bonds is 6. The molecule has 0 saturated heterocycles. The van der Waals surface area contributed by atoms with Gasteiger partial charge in [-0.1, -0.05) is 11.8 Å². The summed E-state index contributed by atoms with van der Waals surface area (Å²) in [4.78, 5) is 4.40. The maximum Gasteiger partial charge on any atom is 0.208 e. The molecule has 2 aromatic rings. The van der Waals surface area contributed by atoms with Gasteiger partial charge >= 0.3 is 0 Å². The molecule has 1 heterocycles. The van der Waals surface area contributed by atoms with Gasteiger partial charge in [0.15, 0.2) is 5.82 Å². The molecule has 0 radical (unpaired) electrons. The van der Waals surface area contributed by atoms with Crippen molar-refractivity contribution in [1.82, 2.24) is 15.2 Å². The summed E-state index contributed by atoms with van der Waals surface area (Å²) in [6.45, 7) is 0.599. The van der Waals surface area contributed by atoms with E-state index in [0.29, 0.717) is 29.0 Å². The minimum Gasteiger partial charge on any atom is -0.497 e. The Kier molecular flexibility index (Phi) is 4.64. The van der Waals surface area contributed by atoms with E-state index in [-0.39, 0.29) is 0 Å². The maximum absolute atomic E-state index is 5.45. The Morgan fingerprint density at radius 1 is 1.21 bits per heavy atom. The van der Waals surface area contributed by atoms with Crippen LogP contribution in [0.25, 0.3) is 11.4 Å². The zero-order valence-corrected chi connectivity index (χ0v) is 11.7. The maximum atomic E-state index is 5.45. The van der Waals surface area contributed by atoms with Crippen molar-refractivity contribution in [3.63, 3.8) is 0 Å². The molecule has 3 N–H and O–H groups in total. The lowest BCUT2D eigenvalue weighted by Gasteiger charge is -2.06. The molecule has 0 atom stereocenters. The van der Waals surface area contributed by atoms with Crippen LogP contribution in [0.5, 0.6) is 11.5 Å². The van der Waals surface area contributed by atoms with Gasteiger partial charge in [0.05, 0.1) is 14.2 Å². The van der Waals surface area contributed by atoms with Crippen LogP contribution < -0.4 is 15.2 Å². The number of hydrogen-bond acceptors (Lipinski definition) is 6. The Hall–Kier alpha value is -1.73. The molecule has 19 heavy (non-hydrogen) atoms. The average Bonchev–Trinajstić information content (AvgIpc) is 2.93. The SMILES string of the molecule is COc1cc(OC)cc(-c2nc(SCCN)n[nH]2)c1. The van der Waals surface area contributed by atoms with Gasteiger partial charge in [-0.25, -0.2) is 4.98 Å². The Morgan fingerprint density at radius 2 is 1.89 bits per heavy atom. The smallest absolute Gasteiger partial charge is 0.208 e. The molecule has 7 heteroatoms. The highest BCUT2D eigenvalue weighted by Crippen LogP contribution is 2.28. The fourth-order valence-corrected chi connectivity index (χ4v) is 2.10. The van der Waals surface area contributed by atoms with Crippen LogP contribution in [0.2, 0.25) is 0 Å². The quantitative estimate of drug-likeness (QED) is 0.781. The number of nitrogens with two attached hydrogens (primary N) is 1. The molecule has 0 spiro atoms. The van der Waals surface area contributed by atoms with Crippen LogP contribution in [0, 0.1) is 0 Å². The first-order valence-corrected chi connectivity index (χ1v) is 6.74. The van der Waals surface area contributed by atoms with Gasteiger partial charge in [-0.05, 0) is 12.1 Å². The minimum atomic E-state index is 0.599. The molecule has 0 amide bonds. The van der Waals surface area contributed by atoms with Crippen LogP contribution in [0.3, 0.4) is 0 Å². The lowest BCUT2D eigenvalue weighted by Crippen LogP contribution is -2.01. The van der Waals surface area contributed by atoms with Crippen molar-refractivity contribution in [3.05, 3.63) is 18.2 Å². The van der Waals surface area contributed by atoms with Gasteiger partial charge in [-0.15, -0.1) is 5.10 Å². The highest BCUT2D eigenvalue weighted by molar-refractivity contribution is 7.99. The summed E-state index contributed by atoms with van der Waals surface area (Å²) in [6.07, 6.45) is 0. The minimum absolute atomic E-state index is 0.599. The standard InChI is InChI=1S/C12H16N4O2S/c1-17-9-5-8(6-10(7-9)18-2)11-14-12(16-15-11)19-4-3-13/h5-7H,3-4,13H2,1-2H3,(H,14,15,16). The Bertz CT molecular complexity index is 522. The van der Waals surface area contributed by atoms with Crippen LogP contribution in [0.15, 0.2) is 23.4 Å². The van der Waals surface area contributed by atoms with Crippen molar-refractivity contribution in [2.75, 3.05) is 26.5 Å². The van der Waals surface area contributed by atoms with E-state index >= 15 is 0 Å². The third-order valence-corrected chi connectivity index (χ3v) is 3.32. The summed E-state index contributed by atoms with van der Waals surface area (Å²) in [5, 5.41) is 7.71. The summed E-state index contributed by atoms with van der Waals surface area (Å²) in [5.41, 5.74) is 6.31. The fourth-order valence-electron chi connectivity index (χ4n) is 1.53. The Labute approximate surface area is 115 Å². The van der Waals surface area contributed by atoms with Crippen molar-refractivity contribution in [3.8, 4) is 22.9 Å². The van der Waals surface area contributed by atoms with Gasteiger partial charge in [-0.3, -0.25) is 5.10 Å². The summed E-state index contributed by atoms with van der Waals surface area (Å²) in [5.74, 6) is 2.89. The first kappa shape index (κ1) is 13.7. The summed E-state index contributed by atoms with van der Waals surface area (Å²) in [6, 6.07) is 5.56. The number of methoxy groups -OCH3 is 2.